The van der Waals surface area contributed by atoms with E-state index in [1.165, 1.54) is 0 Å². The lowest BCUT2D eigenvalue weighted by atomic mass is 10.1. The molecule has 1 aromatic heterocycles. The molecule has 0 N–H and O–H groups in total. The van der Waals surface area contributed by atoms with E-state index in [2.05, 4.69) is 48.6 Å². The maximum Gasteiger partial charge on any atom is 0.136 e. The van der Waals surface area contributed by atoms with Crippen LogP contribution in [0, 0.1) is 0 Å². The summed E-state index contributed by atoms with van der Waals surface area (Å²) in [6, 6.07) is 2.08. The lowest BCUT2D eigenvalue weighted by Gasteiger charge is -2.28. The lowest BCUT2D eigenvalue weighted by molar-refractivity contribution is -0.119. The third-order valence-corrected chi connectivity index (χ3v) is 3.50. The molecule has 0 bridgehead atoms. The number of anilines is 1. The Labute approximate surface area is 115 Å². The highest BCUT2D eigenvalue weighted by Crippen LogP contribution is 2.23. The molecule has 4 nitrogen and oxygen atoms in total. The second-order valence-corrected chi connectivity index (χ2v) is 5.84. The fourth-order valence-corrected chi connectivity index (χ4v) is 2.17. The number of hydrogen-bond acceptors (Lipinski definition) is 4. The quantitative estimate of drug-likeness (QED) is 0.839. The van der Waals surface area contributed by atoms with Crippen LogP contribution in [-0.4, -0.2) is 28.8 Å². The Morgan fingerprint density at radius 1 is 1.05 bits per heavy atom. The van der Waals surface area contributed by atoms with Crippen molar-refractivity contribution >= 4 is 11.6 Å². The lowest BCUT2D eigenvalue weighted by Crippen LogP contribution is -2.34. The van der Waals surface area contributed by atoms with Crippen molar-refractivity contribution in [2.75, 3.05) is 18.0 Å². The third kappa shape index (κ3) is 3.31. The minimum atomic E-state index is 0.323. The zero-order valence-electron chi connectivity index (χ0n) is 12.3. The van der Waals surface area contributed by atoms with E-state index in [0.29, 0.717) is 30.5 Å². The highest BCUT2D eigenvalue weighted by atomic mass is 16.1. The van der Waals surface area contributed by atoms with Crippen LogP contribution in [0.3, 0.4) is 0 Å². The largest absolute Gasteiger partial charge is 0.356 e. The number of ketones is 1. The number of rotatable bonds is 3. The summed E-state index contributed by atoms with van der Waals surface area (Å²) in [6.07, 6.45) is 1.27. The summed E-state index contributed by atoms with van der Waals surface area (Å²) in [5.74, 6) is 2.96. The molecule has 0 radical (unpaired) electrons. The van der Waals surface area contributed by atoms with Crippen molar-refractivity contribution in [1.29, 1.82) is 0 Å². The minimum Gasteiger partial charge on any atom is -0.356 e. The fraction of sp³-hybridized carbons (Fsp3) is 0.667. The number of piperidine rings is 1. The molecule has 0 unspecified atom stereocenters. The molecule has 0 saturated carbocycles. The molecule has 1 fully saturated rings. The van der Waals surface area contributed by atoms with E-state index in [4.69, 9.17) is 0 Å². The van der Waals surface area contributed by atoms with Crippen molar-refractivity contribution in [2.24, 2.45) is 0 Å². The number of carbonyl (C=O) groups is 1. The standard InChI is InChI=1S/C15H23N3O/c1-10(2)13-9-14(17-15(16-13)11(3)4)18-7-5-12(19)6-8-18/h9-11H,5-8H2,1-4H3. The number of nitrogens with zero attached hydrogens (tertiary/aromatic N) is 3. The summed E-state index contributed by atoms with van der Waals surface area (Å²) >= 11 is 0. The first-order chi connectivity index (χ1) is 8.97. The Kier molecular flexibility index (Phi) is 4.17. The van der Waals surface area contributed by atoms with Gasteiger partial charge in [-0.15, -0.1) is 0 Å². The number of hydrogen-bond donors (Lipinski definition) is 0. The van der Waals surface area contributed by atoms with Gasteiger partial charge in [0, 0.05) is 43.6 Å². The van der Waals surface area contributed by atoms with Crippen LogP contribution in [0.1, 0.15) is 63.9 Å². The van der Waals surface area contributed by atoms with E-state index in [1.54, 1.807) is 0 Å². The van der Waals surface area contributed by atoms with Crippen molar-refractivity contribution in [2.45, 2.75) is 52.4 Å². The summed E-state index contributed by atoms with van der Waals surface area (Å²) in [6.45, 7) is 10.1. The van der Waals surface area contributed by atoms with E-state index >= 15 is 0 Å². The molecule has 104 valence electrons. The first kappa shape index (κ1) is 14.0. The maximum atomic E-state index is 11.3. The Balaban J connectivity index is 2.30. The molecule has 0 spiro atoms. The number of carbonyl (C=O) groups excluding carboxylic acids is 1. The van der Waals surface area contributed by atoms with E-state index in [1.807, 2.05) is 0 Å². The van der Waals surface area contributed by atoms with Crippen molar-refractivity contribution < 1.29 is 4.79 Å². The molecule has 1 aliphatic rings. The zero-order chi connectivity index (χ0) is 14.0. The molecule has 4 heteroatoms. The first-order valence-electron chi connectivity index (χ1n) is 7.13. The Bertz CT molecular complexity index is 432. The molecule has 1 aliphatic heterocycles. The molecule has 0 aliphatic carbocycles. The first-order valence-corrected chi connectivity index (χ1v) is 7.13. The summed E-state index contributed by atoms with van der Waals surface area (Å²) in [4.78, 5) is 22.8. The van der Waals surface area contributed by atoms with Gasteiger partial charge in [0.1, 0.15) is 17.4 Å². The molecule has 1 saturated heterocycles. The normalized spacial score (nSPS) is 16.5. The summed E-state index contributed by atoms with van der Waals surface area (Å²) in [7, 11) is 0. The smallest absolute Gasteiger partial charge is 0.136 e. The van der Waals surface area contributed by atoms with Gasteiger partial charge in [0.25, 0.3) is 0 Å². The van der Waals surface area contributed by atoms with Crippen LogP contribution in [0.5, 0.6) is 0 Å². The van der Waals surface area contributed by atoms with E-state index in [9.17, 15) is 4.79 Å². The average Bonchev–Trinajstić information content (AvgIpc) is 2.39. The van der Waals surface area contributed by atoms with Gasteiger partial charge in [0.05, 0.1) is 0 Å². The highest BCUT2D eigenvalue weighted by molar-refractivity contribution is 5.80. The summed E-state index contributed by atoms with van der Waals surface area (Å²) < 4.78 is 0. The number of Topliss-reactive ketones (excluding diaryl/α,β-unsaturated/α-hetero) is 1. The van der Waals surface area contributed by atoms with Crippen molar-refractivity contribution in [3.8, 4) is 0 Å². The van der Waals surface area contributed by atoms with Crippen LogP contribution < -0.4 is 4.90 Å². The van der Waals surface area contributed by atoms with Gasteiger partial charge in [-0.05, 0) is 5.92 Å². The van der Waals surface area contributed by atoms with Gasteiger partial charge in [-0.3, -0.25) is 4.79 Å². The van der Waals surface area contributed by atoms with Crippen molar-refractivity contribution in [3.05, 3.63) is 17.6 Å². The molecule has 2 rings (SSSR count). The molecule has 19 heavy (non-hydrogen) atoms. The fourth-order valence-electron chi connectivity index (χ4n) is 2.17. The monoisotopic (exact) mass is 261 g/mol. The van der Waals surface area contributed by atoms with Gasteiger partial charge in [-0.25, -0.2) is 9.97 Å². The molecule has 0 atom stereocenters. The predicted octanol–water partition coefficient (Wildman–Crippen LogP) is 2.89. The van der Waals surface area contributed by atoms with Crippen LogP contribution in [0.4, 0.5) is 5.82 Å². The topological polar surface area (TPSA) is 46.1 Å². The van der Waals surface area contributed by atoms with Crippen LogP contribution in [0.25, 0.3) is 0 Å². The van der Waals surface area contributed by atoms with Gasteiger partial charge < -0.3 is 4.90 Å². The van der Waals surface area contributed by atoms with Gasteiger partial charge in [0.2, 0.25) is 0 Å². The van der Waals surface area contributed by atoms with Gasteiger partial charge in [0.15, 0.2) is 0 Å². The SMILES string of the molecule is CC(C)c1cc(N2CCC(=O)CC2)nc(C(C)C)n1. The second kappa shape index (κ2) is 5.68. The van der Waals surface area contributed by atoms with E-state index in [0.717, 1.165) is 30.4 Å². The molecule has 0 amide bonds. The maximum absolute atomic E-state index is 11.3. The molecule has 1 aromatic rings. The Hall–Kier alpha value is -1.45. The van der Waals surface area contributed by atoms with Crippen molar-refractivity contribution in [3.63, 3.8) is 0 Å². The van der Waals surface area contributed by atoms with Gasteiger partial charge in [-0.2, -0.15) is 0 Å². The third-order valence-electron chi connectivity index (χ3n) is 3.50. The zero-order valence-corrected chi connectivity index (χ0v) is 12.3. The average molecular weight is 261 g/mol. The van der Waals surface area contributed by atoms with Crippen molar-refractivity contribution in [1.82, 2.24) is 9.97 Å². The molecule has 0 aromatic carbocycles. The van der Waals surface area contributed by atoms with Crippen LogP contribution in [-0.2, 0) is 4.79 Å². The summed E-state index contributed by atoms with van der Waals surface area (Å²) in [5.41, 5.74) is 1.09. The van der Waals surface area contributed by atoms with Gasteiger partial charge >= 0.3 is 0 Å². The van der Waals surface area contributed by atoms with Crippen LogP contribution in [0.2, 0.25) is 0 Å². The van der Waals surface area contributed by atoms with E-state index < -0.39 is 0 Å². The predicted molar refractivity (Wildman–Crippen MR) is 76.7 cm³/mol. The summed E-state index contributed by atoms with van der Waals surface area (Å²) in [5, 5.41) is 0. The highest BCUT2D eigenvalue weighted by Gasteiger charge is 2.19. The Morgan fingerprint density at radius 2 is 1.68 bits per heavy atom. The second-order valence-electron chi connectivity index (χ2n) is 5.84. The number of aromatic nitrogens is 2. The molecular formula is C15H23N3O. The van der Waals surface area contributed by atoms with Gasteiger partial charge in [-0.1, -0.05) is 27.7 Å². The molecular weight excluding hydrogens is 238 g/mol. The minimum absolute atomic E-state index is 0.323. The Morgan fingerprint density at radius 3 is 2.21 bits per heavy atom. The van der Waals surface area contributed by atoms with Crippen LogP contribution in [0.15, 0.2) is 6.07 Å². The van der Waals surface area contributed by atoms with Crippen LogP contribution >= 0.6 is 0 Å². The van der Waals surface area contributed by atoms with E-state index in [-0.39, 0.29) is 0 Å². The molecule has 2 heterocycles.